The van der Waals surface area contributed by atoms with E-state index in [1.807, 2.05) is 0 Å². The van der Waals surface area contributed by atoms with Crippen LogP contribution in [0.4, 0.5) is 8.78 Å². The molecule has 1 heterocycles. The van der Waals surface area contributed by atoms with E-state index in [-0.39, 0.29) is 30.1 Å². The Morgan fingerprint density at radius 2 is 2.00 bits per heavy atom. The van der Waals surface area contributed by atoms with Crippen LogP contribution >= 0.6 is 0 Å². The van der Waals surface area contributed by atoms with Gasteiger partial charge in [-0.1, -0.05) is 6.92 Å². The topological polar surface area (TPSA) is 55.8 Å². The molecule has 0 radical (unpaired) electrons. The molecule has 0 aliphatic carbocycles. The van der Waals surface area contributed by atoms with Crippen molar-refractivity contribution in [2.75, 3.05) is 6.79 Å². The minimum atomic E-state index is -2.67. The van der Waals surface area contributed by atoms with Crippen molar-refractivity contribution in [1.82, 2.24) is 0 Å². The first-order chi connectivity index (χ1) is 8.49. The van der Waals surface area contributed by atoms with Crippen LogP contribution in [0.5, 0.6) is 11.5 Å². The number of carboxylic acid groups (broad SMARTS) is 1. The first-order valence-corrected chi connectivity index (χ1v) is 5.42. The van der Waals surface area contributed by atoms with E-state index in [1.54, 1.807) is 0 Å². The van der Waals surface area contributed by atoms with Crippen LogP contribution in [0.15, 0.2) is 12.1 Å². The van der Waals surface area contributed by atoms with Crippen LogP contribution in [0.3, 0.4) is 0 Å². The van der Waals surface area contributed by atoms with Crippen LogP contribution in [-0.4, -0.2) is 17.9 Å². The predicted octanol–water partition coefficient (Wildman–Crippen LogP) is 2.62. The van der Waals surface area contributed by atoms with Crippen molar-refractivity contribution in [1.29, 1.82) is 0 Å². The van der Waals surface area contributed by atoms with E-state index in [2.05, 4.69) is 0 Å². The van der Waals surface area contributed by atoms with Crippen molar-refractivity contribution in [3.63, 3.8) is 0 Å². The number of aliphatic carboxylic acids is 1. The summed E-state index contributed by atoms with van der Waals surface area (Å²) in [6.07, 6.45) is -2.64. The van der Waals surface area contributed by atoms with Gasteiger partial charge in [-0.05, 0) is 24.1 Å². The smallest absolute Gasteiger partial charge is 0.306 e. The van der Waals surface area contributed by atoms with Gasteiger partial charge >= 0.3 is 5.97 Å². The standard InChI is InChI=1S/C12H12F2O4/c1-6(12(15)16)2-7-3-9-10(18-5-17-9)4-8(7)11(13)14/h3-4,6,11H,2,5H2,1H3,(H,15,16). The van der Waals surface area contributed by atoms with Gasteiger partial charge in [-0.3, -0.25) is 4.79 Å². The average Bonchev–Trinajstić information content (AvgIpc) is 2.74. The lowest BCUT2D eigenvalue weighted by atomic mass is 9.96. The van der Waals surface area contributed by atoms with Gasteiger partial charge in [0.05, 0.1) is 5.92 Å². The Labute approximate surface area is 102 Å². The summed E-state index contributed by atoms with van der Waals surface area (Å²) in [6, 6.07) is 2.65. The molecule has 1 aliphatic heterocycles. The second kappa shape index (κ2) is 4.80. The summed E-state index contributed by atoms with van der Waals surface area (Å²) in [5, 5.41) is 8.82. The Morgan fingerprint density at radius 1 is 1.39 bits per heavy atom. The molecule has 6 heteroatoms. The molecule has 0 amide bonds. The second-order valence-corrected chi connectivity index (χ2v) is 4.15. The van der Waals surface area contributed by atoms with E-state index in [0.717, 1.165) is 0 Å². The van der Waals surface area contributed by atoms with Gasteiger partial charge in [-0.2, -0.15) is 0 Å². The monoisotopic (exact) mass is 258 g/mol. The lowest BCUT2D eigenvalue weighted by molar-refractivity contribution is -0.141. The molecule has 1 N–H and O–H groups in total. The zero-order chi connectivity index (χ0) is 13.3. The highest BCUT2D eigenvalue weighted by Crippen LogP contribution is 2.38. The van der Waals surface area contributed by atoms with E-state index >= 15 is 0 Å². The van der Waals surface area contributed by atoms with Gasteiger partial charge in [-0.15, -0.1) is 0 Å². The first-order valence-electron chi connectivity index (χ1n) is 5.42. The molecule has 1 atom stereocenters. The third kappa shape index (κ3) is 2.37. The Morgan fingerprint density at radius 3 is 2.56 bits per heavy atom. The fourth-order valence-electron chi connectivity index (χ4n) is 1.80. The molecule has 1 aromatic carbocycles. The van der Waals surface area contributed by atoms with Crippen LogP contribution < -0.4 is 9.47 Å². The second-order valence-electron chi connectivity index (χ2n) is 4.15. The lowest BCUT2D eigenvalue weighted by Gasteiger charge is -2.12. The molecule has 0 saturated carbocycles. The maximum Gasteiger partial charge on any atom is 0.306 e. The normalized spacial score (nSPS) is 14.9. The zero-order valence-electron chi connectivity index (χ0n) is 9.65. The van der Waals surface area contributed by atoms with Gasteiger partial charge in [0.15, 0.2) is 11.5 Å². The number of hydrogen-bond donors (Lipinski definition) is 1. The maximum atomic E-state index is 12.9. The van der Waals surface area contributed by atoms with Crippen LogP contribution in [0.2, 0.25) is 0 Å². The van der Waals surface area contributed by atoms with E-state index in [9.17, 15) is 13.6 Å². The third-order valence-electron chi connectivity index (χ3n) is 2.82. The molecule has 98 valence electrons. The minimum Gasteiger partial charge on any atom is -0.481 e. The average molecular weight is 258 g/mol. The fraction of sp³-hybridized carbons (Fsp3) is 0.417. The molecular weight excluding hydrogens is 246 g/mol. The Hall–Kier alpha value is -1.85. The third-order valence-corrected chi connectivity index (χ3v) is 2.82. The largest absolute Gasteiger partial charge is 0.481 e. The van der Waals surface area contributed by atoms with Crippen LogP contribution in [-0.2, 0) is 11.2 Å². The highest BCUT2D eigenvalue weighted by molar-refractivity contribution is 5.70. The van der Waals surface area contributed by atoms with Gasteiger partial charge < -0.3 is 14.6 Å². The van der Waals surface area contributed by atoms with Gasteiger partial charge in [0, 0.05) is 5.56 Å². The Bertz CT molecular complexity index is 473. The zero-order valence-corrected chi connectivity index (χ0v) is 9.65. The highest BCUT2D eigenvalue weighted by atomic mass is 19.3. The van der Waals surface area contributed by atoms with E-state index < -0.39 is 18.3 Å². The quantitative estimate of drug-likeness (QED) is 0.901. The number of halogens is 2. The molecule has 0 saturated heterocycles. The number of benzene rings is 1. The SMILES string of the molecule is CC(Cc1cc2c(cc1C(F)F)OCO2)C(=O)O. The minimum absolute atomic E-state index is 0.00402. The van der Waals surface area contributed by atoms with Gasteiger partial charge in [0.25, 0.3) is 6.43 Å². The molecule has 2 rings (SSSR count). The fourth-order valence-corrected chi connectivity index (χ4v) is 1.80. The van der Waals surface area contributed by atoms with Crippen molar-refractivity contribution in [3.8, 4) is 11.5 Å². The molecular formula is C12H12F2O4. The van der Waals surface area contributed by atoms with Gasteiger partial charge in [-0.25, -0.2) is 8.78 Å². The van der Waals surface area contributed by atoms with Crippen molar-refractivity contribution >= 4 is 5.97 Å². The van der Waals surface area contributed by atoms with E-state index in [1.165, 1.54) is 19.1 Å². The van der Waals surface area contributed by atoms with Crippen molar-refractivity contribution in [2.45, 2.75) is 19.8 Å². The molecule has 4 nitrogen and oxygen atoms in total. The molecule has 18 heavy (non-hydrogen) atoms. The number of ether oxygens (including phenoxy) is 2. The number of alkyl halides is 2. The molecule has 1 aliphatic rings. The Kier molecular flexibility index (Phi) is 3.36. The van der Waals surface area contributed by atoms with Gasteiger partial charge in [0.2, 0.25) is 6.79 Å². The predicted molar refractivity (Wildman–Crippen MR) is 58.0 cm³/mol. The summed E-state index contributed by atoms with van der Waals surface area (Å²) >= 11 is 0. The van der Waals surface area contributed by atoms with Crippen molar-refractivity contribution < 1.29 is 28.2 Å². The van der Waals surface area contributed by atoms with E-state index in [4.69, 9.17) is 14.6 Å². The molecule has 0 fully saturated rings. The van der Waals surface area contributed by atoms with Gasteiger partial charge in [0.1, 0.15) is 0 Å². The van der Waals surface area contributed by atoms with Crippen molar-refractivity contribution in [3.05, 3.63) is 23.3 Å². The molecule has 0 aromatic heterocycles. The summed E-state index contributed by atoms with van der Waals surface area (Å²) in [7, 11) is 0. The molecule has 1 unspecified atom stereocenters. The summed E-state index contributed by atoms with van der Waals surface area (Å²) in [4.78, 5) is 10.8. The van der Waals surface area contributed by atoms with E-state index in [0.29, 0.717) is 5.75 Å². The Balaban J connectivity index is 2.35. The number of carbonyl (C=O) groups is 1. The maximum absolute atomic E-state index is 12.9. The van der Waals surface area contributed by atoms with Crippen molar-refractivity contribution in [2.24, 2.45) is 5.92 Å². The van der Waals surface area contributed by atoms with Crippen LogP contribution in [0.25, 0.3) is 0 Å². The number of fused-ring (bicyclic) bond motifs is 1. The molecule has 0 bridgehead atoms. The summed E-state index contributed by atoms with van der Waals surface area (Å²) in [5.41, 5.74) is 0.0801. The highest BCUT2D eigenvalue weighted by Gasteiger charge is 2.23. The number of carboxylic acids is 1. The molecule has 1 aromatic rings. The lowest BCUT2D eigenvalue weighted by Crippen LogP contribution is -2.13. The first kappa shape index (κ1) is 12.6. The van der Waals surface area contributed by atoms with Crippen LogP contribution in [0.1, 0.15) is 24.5 Å². The number of rotatable bonds is 4. The summed E-state index contributed by atoms with van der Waals surface area (Å²) in [5.74, 6) is -1.10. The summed E-state index contributed by atoms with van der Waals surface area (Å²) in [6.45, 7) is 1.47. The van der Waals surface area contributed by atoms with Crippen LogP contribution in [0, 0.1) is 5.92 Å². The molecule has 0 spiro atoms. The summed E-state index contributed by atoms with van der Waals surface area (Å²) < 4.78 is 35.9. The number of hydrogen-bond acceptors (Lipinski definition) is 3.